The van der Waals surface area contributed by atoms with Crippen LogP contribution in [0.3, 0.4) is 0 Å². The van der Waals surface area contributed by atoms with Crippen molar-refractivity contribution >= 4 is 17.7 Å². The highest BCUT2D eigenvalue weighted by Gasteiger charge is 2.52. The van der Waals surface area contributed by atoms with Crippen molar-refractivity contribution in [1.29, 1.82) is 0 Å². The summed E-state index contributed by atoms with van der Waals surface area (Å²) in [6, 6.07) is 13.2. The fourth-order valence-corrected chi connectivity index (χ4v) is 3.14. The first kappa shape index (κ1) is 13.7. The number of aryl methyl sites for hydroxylation is 1. The van der Waals surface area contributed by atoms with Gasteiger partial charge >= 0.3 is 0 Å². The first-order chi connectivity index (χ1) is 11.1. The van der Waals surface area contributed by atoms with Crippen molar-refractivity contribution in [2.45, 2.75) is 19.0 Å². The summed E-state index contributed by atoms with van der Waals surface area (Å²) in [6.07, 6.45) is 0. The SMILES string of the molecule is Cc1ccc([C@H]2NC(=O)[C@@H]2N2C(=O)c3ccccc3C2=O)cc1. The molecule has 0 aromatic heterocycles. The summed E-state index contributed by atoms with van der Waals surface area (Å²) < 4.78 is 0. The van der Waals surface area contributed by atoms with Crippen LogP contribution in [-0.2, 0) is 4.79 Å². The van der Waals surface area contributed by atoms with Crippen LogP contribution in [0.25, 0.3) is 0 Å². The largest absolute Gasteiger partial charge is 0.345 e. The number of nitrogens with zero attached hydrogens (tertiary/aromatic N) is 1. The van der Waals surface area contributed by atoms with E-state index in [0.717, 1.165) is 16.0 Å². The number of hydrogen-bond acceptors (Lipinski definition) is 3. The summed E-state index contributed by atoms with van der Waals surface area (Å²) in [6.45, 7) is 1.98. The Morgan fingerprint density at radius 3 is 1.96 bits per heavy atom. The second kappa shape index (κ2) is 4.78. The average molecular weight is 306 g/mol. The Balaban J connectivity index is 1.70. The topological polar surface area (TPSA) is 66.5 Å². The predicted octanol–water partition coefficient (Wildman–Crippen LogP) is 1.83. The lowest BCUT2D eigenvalue weighted by Crippen LogP contribution is -2.65. The molecule has 0 saturated carbocycles. The van der Waals surface area contributed by atoms with Gasteiger partial charge in [-0.25, -0.2) is 0 Å². The third-order valence-corrected chi connectivity index (χ3v) is 4.42. The van der Waals surface area contributed by atoms with Gasteiger partial charge in [0, 0.05) is 0 Å². The first-order valence-corrected chi connectivity index (χ1v) is 7.42. The van der Waals surface area contributed by atoms with Crippen molar-refractivity contribution in [3.63, 3.8) is 0 Å². The Labute approximate surface area is 132 Å². The summed E-state index contributed by atoms with van der Waals surface area (Å²) in [5.74, 6) is -1.10. The molecule has 2 aliphatic rings. The minimum absolute atomic E-state index is 0.301. The zero-order valence-corrected chi connectivity index (χ0v) is 12.4. The Bertz CT molecular complexity index is 807. The summed E-state index contributed by atoms with van der Waals surface area (Å²) in [4.78, 5) is 38.2. The summed E-state index contributed by atoms with van der Waals surface area (Å²) in [5.41, 5.74) is 2.72. The molecule has 3 amide bonds. The Hall–Kier alpha value is -2.95. The second-order valence-corrected chi connectivity index (χ2v) is 5.87. The maximum Gasteiger partial charge on any atom is 0.262 e. The molecule has 23 heavy (non-hydrogen) atoms. The first-order valence-electron chi connectivity index (χ1n) is 7.42. The molecule has 4 rings (SSSR count). The zero-order chi connectivity index (χ0) is 16.1. The van der Waals surface area contributed by atoms with Gasteiger partial charge in [0.2, 0.25) is 5.91 Å². The lowest BCUT2D eigenvalue weighted by Gasteiger charge is -2.41. The number of benzene rings is 2. The third-order valence-electron chi connectivity index (χ3n) is 4.42. The fraction of sp³-hybridized carbons (Fsp3) is 0.167. The van der Waals surface area contributed by atoms with Gasteiger partial charge in [0.05, 0.1) is 17.2 Å². The number of fused-ring (bicyclic) bond motifs is 1. The average Bonchev–Trinajstić information content (AvgIpc) is 2.79. The molecule has 1 saturated heterocycles. The number of nitrogens with one attached hydrogen (secondary N) is 1. The van der Waals surface area contributed by atoms with Gasteiger partial charge < -0.3 is 5.32 Å². The van der Waals surface area contributed by atoms with Crippen molar-refractivity contribution < 1.29 is 14.4 Å². The molecular formula is C18H14N2O3. The molecule has 1 N–H and O–H groups in total. The lowest BCUT2D eigenvalue weighted by atomic mass is 9.90. The van der Waals surface area contributed by atoms with E-state index in [2.05, 4.69) is 5.32 Å². The Morgan fingerprint density at radius 1 is 0.870 bits per heavy atom. The van der Waals surface area contributed by atoms with Crippen LogP contribution in [0, 0.1) is 6.92 Å². The molecule has 0 radical (unpaired) electrons. The monoisotopic (exact) mass is 306 g/mol. The molecule has 5 heteroatoms. The molecule has 2 aliphatic heterocycles. The summed E-state index contributed by atoms with van der Waals surface area (Å²) in [7, 11) is 0. The number of β-lactam (4-membered cyclic amide) rings is 1. The van der Waals surface area contributed by atoms with Crippen LogP contribution in [0.15, 0.2) is 48.5 Å². The molecule has 114 valence electrons. The van der Waals surface area contributed by atoms with Crippen LogP contribution >= 0.6 is 0 Å². The van der Waals surface area contributed by atoms with Crippen LogP contribution in [0.5, 0.6) is 0 Å². The zero-order valence-electron chi connectivity index (χ0n) is 12.4. The van der Waals surface area contributed by atoms with E-state index in [1.54, 1.807) is 24.3 Å². The highest BCUT2D eigenvalue weighted by Crippen LogP contribution is 2.34. The Morgan fingerprint density at radius 2 is 1.43 bits per heavy atom. The quantitative estimate of drug-likeness (QED) is 0.680. The minimum Gasteiger partial charge on any atom is -0.345 e. The maximum atomic E-state index is 12.5. The Kier molecular flexibility index (Phi) is 2.84. The van der Waals surface area contributed by atoms with Crippen LogP contribution in [0.1, 0.15) is 37.9 Å². The van der Waals surface area contributed by atoms with E-state index in [4.69, 9.17) is 0 Å². The molecular weight excluding hydrogens is 292 g/mol. The van der Waals surface area contributed by atoms with Crippen molar-refractivity contribution in [2.24, 2.45) is 0 Å². The highest BCUT2D eigenvalue weighted by molar-refractivity contribution is 6.23. The van der Waals surface area contributed by atoms with Crippen LogP contribution in [-0.4, -0.2) is 28.7 Å². The molecule has 2 aromatic carbocycles. The molecule has 0 bridgehead atoms. The van der Waals surface area contributed by atoms with Gasteiger partial charge in [-0.15, -0.1) is 0 Å². The van der Waals surface area contributed by atoms with Gasteiger partial charge in [-0.05, 0) is 24.6 Å². The molecule has 0 unspecified atom stereocenters. The van der Waals surface area contributed by atoms with Crippen molar-refractivity contribution in [1.82, 2.24) is 10.2 Å². The van der Waals surface area contributed by atoms with Gasteiger partial charge in [0.15, 0.2) is 0 Å². The highest BCUT2D eigenvalue weighted by atomic mass is 16.2. The van der Waals surface area contributed by atoms with E-state index in [9.17, 15) is 14.4 Å². The number of carbonyl (C=O) groups is 3. The number of imide groups is 1. The van der Waals surface area contributed by atoms with Gasteiger partial charge in [-0.3, -0.25) is 19.3 Å². The third kappa shape index (κ3) is 1.90. The van der Waals surface area contributed by atoms with Crippen LogP contribution in [0.4, 0.5) is 0 Å². The molecule has 2 atom stereocenters. The van der Waals surface area contributed by atoms with E-state index in [1.165, 1.54) is 0 Å². The molecule has 2 aromatic rings. The molecule has 2 heterocycles. The molecule has 1 fully saturated rings. The van der Waals surface area contributed by atoms with Gasteiger partial charge in [-0.2, -0.15) is 0 Å². The van der Waals surface area contributed by atoms with Gasteiger partial charge in [0.25, 0.3) is 11.8 Å². The van der Waals surface area contributed by atoms with Crippen molar-refractivity contribution in [3.05, 3.63) is 70.8 Å². The van der Waals surface area contributed by atoms with E-state index in [-0.39, 0.29) is 11.9 Å². The lowest BCUT2D eigenvalue weighted by molar-refractivity contribution is -0.135. The number of carbonyl (C=O) groups excluding carboxylic acids is 3. The van der Waals surface area contributed by atoms with Crippen molar-refractivity contribution in [3.8, 4) is 0 Å². The number of hydrogen-bond donors (Lipinski definition) is 1. The van der Waals surface area contributed by atoms with Crippen LogP contribution < -0.4 is 5.32 Å². The summed E-state index contributed by atoms with van der Waals surface area (Å²) in [5, 5.41) is 2.79. The van der Waals surface area contributed by atoms with E-state index < -0.39 is 17.9 Å². The van der Waals surface area contributed by atoms with E-state index in [1.807, 2.05) is 31.2 Å². The molecule has 0 spiro atoms. The number of rotatable bonds is 2. The summed E-state index contributed by atoms with van der Waals surface area (Å²) >= 11 is 0. The molecule has 0 aliphatic carbocycles. The minimum atomic E-state index is -0.787. The predicted molar refractivity (Wildman–Crippen MR) is 82.8 cm³/mol. The maximum absolute atomic E-state index is 12.5. The van der Waals surface area contributed by atoms with Gasteiger partial charge in [-0.1, -0.05) is 42.0 Å². The number of amides is 3. The van der Waals surface area contributed by atoms with E-state index >= 15 is 0 Å². The molecule has 5 nitrogen and oxygen atoms in total. The van der Waals surface area contributed by atoms with E-state index in [0.29, 0.717) is 11.1 Å². The fourth-order valence-electron chi connectivity index (χ4n) is 3.14. The van der Waals surface area contributed by atoms with Crippen LogP contribution in [0.2, 0.25) is 0 Å². The standard InChI is InChI=1S/C18H14N2O3/c1-10-6-8-11(9-7-10)14-15(16(21)19-14)20-17(22)12-4-2-3-5-13(12)18(20)23/h2-9,14-15H,1H3,(H,19,21)/t14-,15-/m1/s1. The van der Waals surface area contributed by atoms with Crippen molar-refractivity contribution in [2.75, 3.05) is 0 Å². The smallest absolute Gasteiger partial charge is 0.262 e. The van der Waals surface area contributed by atoms with Gasteiger partial charge in [0.1, 0.15) is 6.04 Å². The normalized spacial score (nSPS) is 22.7. The second-order valence-electron chi connectivity index (χ2n) is 5.87.